The lowest BCUT2D eigenvalue weighted by Gasteiger charge is -2.36. The number of aromatic nitrogens is 2. The van der Waals surface area contributed by atoms with Crippen molar-refractivity contribution in [1.82, 2.24) is 15.1 Å². The number of aryl methyl sites for hydroxylation is 1. The minimum Gasteiger partial charge on any atom is -0.395 e. The van der Waals surface area contributed by atoms with Gasteiger partial charge in [-0.3, -0.25) is 9.89 Å². The number of piperidine rings is 1. The average Bonchev–Trinajstić information content (AvgIpc) is 2.69. The Bertz CT molecular complexity index is 440. The number of likely N-dealkylation sites (tertiary alicyclic amines) is 1. The third-order valence-corrected chi connectivity index (χ3v) is 3.84. The van der Waals surface area contributed by atoms with Gasteiger partial charge in [-0.2, -0.15) is 5.10 Å². The maximum atomic E-state index is 12.4. The van der Waals surface area contributed by atoms with Crippen LogP contribution in [0.25, 0.3) is 0 Å². The summed E-state index contributed by atoms with van der Waals surface area (Å²) in [6.07, 6.45) is 2.87. The first kappa shape index (κ1) is 12.9. The van der Waals surface area contributed by atoms with Gasteiger partial charge in [0.15, 0.2) is 5.69 Å². The van der Waals surface area contributed by atoms with E-state index in [1.807, 2.05) is 11.8 Å². The van der Waals surface area contributed by atoms with E-state index in [9.17, 15) is 4.79 Å². The van der Waals surface area contributed by atoms with Crippen LogP contribution in [0.4, 0.5) is 5.69 Å². The van der Waals surface area contributed by atoms with Crippen molar-refractivity contribution in [1.29, 1.82) is 0 Å². The fourth-order valence-electron chi connectivity index (χ4n) is 2.66. The highest BCUT2D eigenvalue weighted by atomic mass is 16.2. The van der Waals surface area contributed by atoms with Crippen molar-refractivity contribution in [3.63, 3.8) is 0 Å². The Morgan fingerprint density at radius 2 is 2.28 bits per heavy atom. The van der Waals surface area contributed by atoms with E-state index in [0.29, 0.717) is 17.3 Å². The van der Waals surface area contributed by atoms with Crippen molar-refractivity contribution in [2.24, 2.45) is 5.92 Å². The third kappa shape index (κ3) is 2.21. The van der Waals surface area contributed by atoms with Gasteiger partial charge in [0.05, 0.1) is 11.4 Å². The molecule has 5 heteroatoms. The van der Waals surface area contributed by atoms with Gasteiger partial charge in [0, 0.05) is 12.6 Å². The predicted molar refractivity (Wildman–Crippen MR) is 71.3 cm³/mol. The molecule has 0 aromatic carbocycles. The van der Waals surface area contributed by atoms with Crippen LogP contribution in [0, 0.1) is 5.92 Å². The molecule has 3 N–H and O–H groups in total. The fourth-order valence-corrected chi connectivity index (χ4v) is 2.66. The molecular formula is C13H22N4O. The summed E-state index contributed by atoms with van der Waals surface area (Å²) in [5.74, 6) is 0.648. The molecule has 2 rings (SSSR count). The molecule has 5 nitrogen and oxygen atoms in total. The molecule has 1 aliphatic rings. The molecule has 0 spiro atoms. The van der Waals surface area contributed by atoms with E-state index in [4.69, 9.17) is 5.73 Å². The summed E-state index contributed by atoms with van der Waals surface area (Å²) in [7, 11) is 0. The molecule has 1 aliphatic heterocycles. The quantitative estimate of drug-likeness (QED) is 0.840. The van der Waals surface area contributed by atoms with Crippen LogP contribution in [0.1, 0.15) is 49.8 Å². The van der Waals surface area contributed by atoms with Gasteiger partial charge < -0.3 is 10.6 Å². The molecule has 1 fully saturated rings. The topological polar surface area (TPSA) is 75.0 Å². The molecule has 2 unspecified atom stereocenters. The molecule has 1 aromatic rings. The monoisotopic (exact) mass is 250 g/mol. The number of rotatable bonds is 2. The van der Waals surface area contributed by atoms with Crippen LogP contribution in [0.3, 0.4) is 0 Å². The lowest BCUT2D eigenvalue weighted by Crippen LogP contribution is -2.44. The summed E-state index contributed by atoms with van der Waals surface area (Å²) in [5.41, 5.74) is 7.69. The highest BCUT2D eigenvalue weighted by Crippen LogP contribution is 2.25. The van der Waals surface area contributed by atoms with Gasteiger partial charge in [-0.25, -0.2) is 0 Å². The number of H-pyrrole nitrogens is 1. The fraction of sp³-hybridized carbons (Fsp3) is 0.692. The predicted octanol–water partition coefficient (Wildman–Crippen LogP) is 1.81. The number of amides is 1. The standard InChI is InChI=1S/C13H22N4O/c1-4-10-11(14)12(16-15-10)13(18)17-6-5-8(2)7-9(17)3/h8-9H,4-7,14H2,1-3H3,(H,15,16). The number of nitrogens with one attached hydrogen (secondary N) is 1. The van der Waals surface area contributed by atoms with Crippen LogP contribution >= 0.6 is 0 Å². The van der Waals surface area contributed by atoms with Gasteiger partial charge in [-0.1, -0.05) is 13.8 Å². The van der Waals surface area contributed by atoms with E-state index in [2.05, 4.69) is 24.0 Å². The second kappa shape index (κ2) is 5.00. The molecule has 0 aliphatic carbocycles. The minimum absolute atomic E-state index is 0.0390. The van der Waals surface area contributed by atoms with Crippen LogP contribution in [-0.2, 0) is 6.42 Å². The van der Waals surface area contributed by atoms with Crippen LogP contribution in [0.5, 0.6) is 0 Å². The molecule has 0 bridgehead atoms. The third-order valence-electron chi connectivity index (χ3n) is 3.84. The second-order valence-corrected chi connectivity index (χ2v) is 5.30. The van der Waals surface area contributed by atoms with Crippen molar-refractivity contribution in [3.8, 4) is 0 Å². The second-order valence-electron chi connectivity index (χ2n) is 5.30. The number of carbonyl (C=O) groups excluding carboxylic acids is 1. The highest BCUT2D eigenvalue weighted by molar-refractivity contribution is 5.97. The SMILES string of the molecule is CCc1[nH]nc(C(=O)N2CCC(C)CC2C)c1N. The van der Waals surface area contributed by atoms with E-state index >= 15 is 0 Å². The normalized spacial score (nSPS) is 24.3. The number of hydrogen-bond donors (Lipinski definition) is 2. The number of aromatic amines is 1. The Morgan fingerprint density at radius 3 is 2.83 bits per heavy atom. The Kier molecular flexibility index (Phi) is 3.59. The number of nitrogen functional groups attached to an aromatic ring is 1. The van der Waals surface area contributed by atoms with Gasteiger partial charge in [-0.15, -0.1) is 0 Å². The van der Waals surface area contributed by atoms with E-state index in [0.717, 1.165) is 31.5 Å². The van der Waals surface area contributed by atoms with Crippen molar-refractivity contribution >= 4 is 11.6 Å². The number of nitrogens with two attached hydrogens (primary N) is 1. The molecule has 2 heterocycles. The minimum atomic E-state index is -0.0390. The van der Waals surface area contributed by atoms with E-state index < -0.39 is 0 Å². The maximum Gasteiger partial charge on any atom is 0.276 e. The van der Waals surface area contributed by atoms with Gasteiger partial charge in [-0.05, 0) is 32.1 Å². The smallest absolute Gasteiger partial charge is 0.276 e. The van der Waals surface area contributed by atoms with Crippen LogP contribution in [0.15, 0.2) is 0 Å². The number of nitrogens with zero attached hydrogens (tertiary/aromatic N) is 2. The largest absolute Gasteiger partial charge is 0.395 e. The highest BCUT2D eigenvalue weighted by Gasteiger charge is 2.30. The molecule has 18 heavy (non-hydrogen) atoms. The molecule has 100 valence electrons. The first-order chi connectivity index (χ1) is 8.54. The number of hydrogen-bond acceptors (Lipinski definition) is 3. The Labute approximate surface area is 108 Å². The lowest BCUT2D eigenvalue weighted by atomic mass is 9.93. The lowest BCUT2D eigenvalue weighted by molar-refractivity contribution is 0.0583. The molecule has 1 saturated heterocycles. The zero-order valence-electron chi connectivity index (χ0n) is 11.4. The molecule has 1 amide bonds. The first-order valence-electron chi connectivity index (χ1n) is 6.68. The number of anilines is 1. The van der Waals surface area contributed by atoms with Crippen LogP contribution in [0.2, 0.25) is 0 Å². The Morgan fingerprint density at radius 1 is 1.56 bits per heavy atom. The van der Waals surface area contributed by atoms with Crippen LogP contribution < -0.4 is 5.73 Å². The van der Waals surface area contributed by atoms with Gasteiger partial charge in [0.2, 0.25) is 0 Å². The average molecular weight is 250 g/mol. The van der Waals surface area contributed by atoms with E-state index in [1.54, 1.807) is 0 Å². The summed E-state index contributed by atoms with van der Waals surface area (Å²) in [4.78, 5) is 14.3. The molecule has 0 saturated carbocycles. The number of carbonyl (C=O) groups is 1. The van der Waals surface area contributed by atoms with Gasteiger partial charge >= 0.3 is 0 Å². The van der Waals surface area contributed by atoms with Crippen molar-refractivity contribution in [2.75, 3.05) is 12.3 Å². The zero-order valence-corrected chi connectivity index (χ0v) is 11.4. The molecule has 1 aromatic heterocycles. The first-order valence-corrected chi connectivity index (χ1v) is 6.68. The van der Waals surface area contributed by atoms with E-state index in [1.165, 1.54) is 0 Å². The maximum absolute atomic E-state index is 12.4. The molecular weight excluding hydrogens is 228 g/mol. The molecule has 2 atom stereocenters. The summed E-state index contributed by atoms with van der Waals surface area (Å²) in [6.45, 7) is 7.12. The van der Waals surface area contributed by atoms with Gasteiger partial charge in [0.25, 0.3) is 5.91 Å². The van der Waals surface area contributed by atoms with Gasteiger partial charge in [0.1, 0.15) is 0 Å². The summed E-state index contributed by atoms with van der Waals surface area (Å²) >= 11 is 0. The van der Waals surface area contributed by atoms with E-state index in [-0.39, 0.29) is 11.9 Å². The van der Waals surface area contributed by atoms with Crippen molar-refractivity contribution < 1.29 is 4.79 Å². The van der Waals surface area contributed by atoms with Crippen molar-refractivity contribution in [2.45, 2.75) is 46.1 Å². The molecule has 0 radical (unpaired) electrons. The Balaban J connectivity index is 2.18. The summed E-state index contributed by atoms with van der Waals surface area (Å²) in [6, 6.07) is 0.266. The zero-order chi connectivity index (χ0) is 13.3. The van der Waals surface area contributed by atoms with Crippen molar-refractivity contribution in [3.05, 3.63) is 11.4 Å². The summed E-state index contributed by atoms with van der Waals surface area (Å²) in [5, 5.41) is 6.92. The van der Waals surface area contributed by atoms with Crippen LogP contribution in [-0.4, -0.2) is 33.6 Å². The Hall–Kier alpha value is -1.52. The summed E-state index contributed by atoms with van der Waals surface area (Å²) < 4.78 is 0.